The molecular weight excluding hydrogens is 320 g/mol. The van der Waals surface area contributed by atoms with Crippen LogP contribution in [0.25, 0.3) is 11.4 Å². The lowest BCUT2D eigenvalue weighted by molar-refractivity contribution is 0.536. The van der Waals surface area contributed by atoms with Gasteiger partial charge in [-0.2, -0.15) is 0 Å². The van der Waals surface area contributed by atoms with Crippen LogP contribution < -0.4 is 10.6 Å². The van der Waals surface area contributed by atoms with E-state index in [4.69, 9.17) is 4.98 Å². The van der Waals surface area contributed by atoms with Gasteiger partial charge in [-0.15, -0.1) is 0 Å². The van der Waals surface area contributed by atoms with Crippen molar-refractivity contribution in [1.82, 2.24) is 9.55 Å². The van der Waals surface area contributed by atoms with E-state index in [9.17, 15) is 0 Å². The molecule has 4 heteroatoms. The number of rotatable bonds is 5. The lowest BCUT2D eigenvalue weighted by atomic mass is 10.1. The molecule has 26 heavy (non-hydrogen) atoms. The molecule has 4 nitrogen and oxygen atoms in total. The fourth-order valence-electron chi connectivity index (χ4n) is 3.74. The van der Waals surface area contributed by atoms with Crippen LogP contribution in [0, 0.1) is 6.92 Å². The van der Waals surface area contributed by atoms with Gasteiger partial charge in [-0.1, -0.05) is 29.8 Å². The van der Waals surface area contributed by atoms with Gasteiger partial charge in [0.1, 0.15) is 5.82 Å². The van der Waals surface area contributed by atoms with E-state index < -0.39 is 0 Å². The van der Waals surface area contributed by atoms with Gasteiger partial charge in [-0.05, 0) is 49.9 Å². The summed E-state index contributed by atoms with van der Waals surface area (Å²) in [6, 6.07) is 15.1. The molecule has 2 N–H and O–H groups in total. The largest absolute Gasteiger partial charge is 0.388 e. The van der Waals surface area contributed by atoms with Crippen LogP contribution in [0.15, 0.2) is 48.7 Å². The first-order valence-corrected chi connectivity index (χ1v) is 9.40. The molecule has 0 saturated carbocycles. The molecule has 0 bridgehead atoms. The van der Waals surface area contributed by atoms with Crippen LogP contribution in [0.2, 0.25) is 0 Å². The highest BCUT2D eigenvalue weighted by Crippen LogP contribution is 2.27. The second-order valence-electron chi connectivity index (χ2n) is 7.03. The van der Waals surface area contributed by atoms with E-state index in [1.54, 1.807) is 0 Å². The number of nitrogens with one attached hydrogen (secondary N) is 2. The summed E-state index contributed by atoms with van der Waals surface area (Å²) in [5.74, 6) is 1.09. The van der Waals surface area contributed by atoms with Gasteiger partial charge in [0.05, 0.1) is 0 Å². The second kappa shape index (κ2) is 7.24. The highest BCUT2D eigenvalue weighted by Gasteiger charge is 2.15. The highest BCUT2D eigenvalue weighted by molar-refractivity contribution is 5.64. The number of nitrogens with zero attached hydrogens (tertiary/aromatic N) is 2. The van der Waals surface area contributed by atoms with Crippen molar-refractivity contribution in [3.8, 4) is 11.4 Å². The summed E-state index contributed by atoms with van der Waals surface area (Å²) >= 11 is 0. The lowest BCUT2D eigenvalue weighted by Gasteiger charge is -2.17. The van der Waals surface area contributed by atoms with Gasteiger partial charge in [-0.3, -0.25) is 0 Å². The molecule has 0 aliphatic carbocycles. The summed E-state index contributed by atoms with van der Waals surface area (Å²) in [4.78, 5) is 4.69. The third kappa shape index (κ3) is 3.32. The molecule has 0 atom stereocenters. The summed E-state index contributed by atoms with van der Waals surface area (Å²) in [5.41, 5.74) is 7.39. The Morgan fingerprint density at radius 1 is 1.12 bits per heavy atom. The minimum absolute atomic E-state index is 0.793. The SMILES string of the molecule is CNc1ccc(C)cc1CNc1cccc(-c2ncc3n2CCCC3)c1. The Morgan fingerprint density at radius 3 is 2.92 bits per heavy atom. The average molecular weight is 346 g/mol. The molecule has 0 radical (unpaired) electrons. The molecule has 1 aliphatic rings. The number of imidazole rings is 1. The maximum atomic E-state index is 4.69. The third-order valence-electron chi connectivity index (χ3n) is 5.14. The smallest absolute Gasteiger partial charge is 0.140 e. The van der Waals surface area contributed by atoms with E-state index in [-0.39, 0.29) is 0 Å². The van der Waals surface area contributed by atoms with Crippen molar-refractivity contribution < 1.29 is 0 Å². The van der Waals surface area contributed by atoms with Crippen LogP contribution in [0.3, 0.4) is 0 Å². The summed E-state index contributed by atoms with van der Waals surface area (Å²) in [6.07, 6.45) is 5.71. The van der Waals surface area contributed by atoms with Crippen molar-refractivity contribution in [3.05, 3.63) is 65.5 Å². The van der Waals surface area contributed by atoms with Gasteiger partial charge in [0, 0.05) is 49.0 Å². The third-order valence-corrected chi connectivity index (χ3v) is 5.14. The van der Waals surface area contributed by atoms with Gasteiger partial charge in [0.2, 0.25) is 0 Å². The van der Waals surface area contributed by atoms with Gasteiger partial charge < -0.3 is 15.2 Å². The van der Waals surface area contributed by atoms with Crippen LogP contribution in [0.4, 0.5) is 11.4 Å². The van der Waals surface area contributed by atoms with Crippen molar-refractivity contribution in [2.24, 2.45) is 0 Å². The standard InChI is InChI=1S/C22H26N4/c1-16-9-10-21(23-2)18(12-16)14-24-19-7-5-6-17(13-19)22-25-15-20-8-3-4-11-26(20)22/h5-7,9-10,12-13,15,23-24H,3-4,8,11,14H2,1-2H3. The molecule has 0 saturated heterocycles. The van der Waals surface area contributed by atoms with Crippen LogP contribution >= 0.6 is 0 Å². The quantitative estimate of drug-likeness (QED) is 0.694. The molecule has 2 aromatic carbocycles. The molecular formula is C22H26N4. The molecule has 2 heterocycles. The Balaban J connectivity index is 1.55. The van der Waals surface area contributed by atoms with E-state index in [2.05, 4.69) is 64.6 Å². The predicted octanol–water partition coefficient (Wildman–Crippen LogP) is 4.85. The topological polar surface area (TPSA) is 41.9 Å². The number of benzene rings is 2. The predicted molar refractivity (Wildman–Crippen MR) is 109 cm³/mol. The minimum Gasteiger partial charge on any atom is -0.388 e. The van der Waals surface area contributed by atoms with Gasteiger partial charge in [-0.25, -0.2) is 4.98 Å². The summed E-state index contributed by atoms with van der Waals surface area (Å²) in [6.45, 7) is 4.00. The van der Waals surface area contributed by atoms with E-state index in [1.165, 1.54) is 40.9 Å². The Bertz CT molecular complexity index is 910. The maximum absolute atomic E-state index is 4.69. The number of hydrogen-bond acceptors (Lipinski definition) is 3. The van der Waals surface area contributed by atoms with Crippen LogP contribution in [-0.2, 0) is 19.5 Å². The van der Waals surface area contributed by atoms with Crippen LogP contribution in [0.1, 0.15) is 29.7 Å². The Hall–Kier alpha value is -2.75. The van der Waals surface area contributed by atoms with E-state index in [1.807, 2.05) is 13.2 Å². The summed E-state index contributed by atoms with van der Waals surface area (Å²) in [7, 11) is 1.97. The van der Waals surface area contributed by atoms with E-state index >= 15 is 0 Å². The maximum Gasteiger partial charge on any atom is 0.140 e. The number of anilines is 2. The summed E-state index contributed by atoms with van der Waals surface area (Å²) in [5, 5.41) is 6.84. The fourth-order valence-corrected chi connectivity index (χ4v) is 3.74. The molecule has 1 aliphatic heterocycles. The normalized spacial score (nSPS) is 13.3. The molecule has 4 rings (SSSR count). The fraction of sp³-hybridized carbons (Fsp3) is 0.318. The Kier molecular flexibility index (Phi) is 4.65. The van der Waals surface area contributed by atoms with Gasteiger partial charge >= 0.3 is 0 Å². The van der Waals surface area contributed by atoms with Crippen molar-refractivity contribution in [2.75, 3.05) is 17.7 Å². The molecule has 0 fully saturated rings. The average Bonchev–Trinajstić information content (AvgIpc) is 3.11. The zero-order chi connectivity index (χ0) is 17.9. The zero-order valence-corrected chi connectivity index (χ0v) is 15.5. The lowest BCUT2D eigenvalue weighted by Crippen LogP contribution is -2.10. The monoisotopic (exact) mass is 346 g/mol. The van der Waals surface area contributed by atoms with Crippen molar-refractivity contribution in [3.63, 3.8) is 0 Å². The van der Waals surface area contributed by atoms with Crippen molar-refractivity contribution in [2.45, 2.75) is 39.3 Å². The molecule has 0 unspecified atom stereocenters. The first kappa shape index (κ1) is 16.7. The van der Waals surface area contributed by atoms with Crippen molar-refractivity contribution in [1.29, 1.82) is 0 Å². The Morgan fingerprint density at radius 2 is 2.04 bits per heavy atom. The van der Waals surface area contributed by atoms with Gasteiger partial charge in [0.15, 0.2) is 0 Å². The highest BCUT2D eigenvalue weighted by atomic mass is 15.1. The number of fused-ring (bicyclic) bond motifs is 1. The Labute approximate surface area is 155 Å². The molecule has 0 amide bonds. The molecule has 0 spiro atoms. The molecule has 134 valence electrons. The number of hydrogen-bond donors (Lipinski definition) is 2. The van der Waals surface area contributed by atoms with E-state index in [0.717, 1.165) is 31.0 Å². The number of aromatic nitrogens is 2. The second-order valence-corrected chi connectivity index (χ2v) is 7.03. The zero-order valence-electron chi connectivity index (χ0n) is 15.5. The van der Waals surface area contributed by atoms with E-state index in [0.29, 0.717) is 0 Å². The molecule has 1 aromatic heterocycles. The number of aryl methyl sites for hydroxylation is 2. The van der Waals surface area contributed by atoms with Crippen LogP contribution in [-0.4, -0.2) is 16.6 Å². The summed E-state index contributed by atoms with van der Waals surface area (Å²) < 4.78 is 2.38. The first-order chi connectivity index (χ1) is 12.7. The van der Waals surface area contributed by atoms with Crippen LogP contribution in [0.5, 0.6) is 0 Å². The first-order valence-electron chi connectivity index (χ1n) is 9.40. The van der Waals surface area contributed by atoms with Crippen molar-refractivity contribution >= 4 is 11.4 Å². The molecule has 3 aromatic rings. The minimum atomic E-state index is 0.793. The van der Waals surface area contributed by atoms with Gasteiger partial charge in [0.25, 0.3) is 0 Å².